The Morgan fingerprint density at radius 1 is 1.23 bits per heavy atom. The first-order valence-corrected chi connectivity index (χ1v) is 9.33. The maximum Gasteiger partial charge on any atom is 0.279 e. The molecule has 1 amide bonds. The van der Waals surface area contributed by atoms with Gasteiger partial charge >= 0.3 is 0 Å². The Labute approximate surface area is 163 Å². The van der Waals surface area contributed by atoms with Gasteiger partial charge in [0, 0.05) is 0 Å². The lowest BCUT2D eigenvalue weighted by molar-refractivity contribution is -0.895. The smallest absolute Gasteiger partial charge is 0.279 e. The van der Waals surface area contributed by atoms with Crippen LogP contribution in [0.3, 0.4) is 0 Å². The predicted molar refractivity (Wildman–Crippen MR) is 105 cm³/mol. The van der Waals surface area contributed by atoms with Gasteiger partial charge in [0.05, 0.1) is 49.7 Å². The highest BCUT2D eigenvalue weighted by Gasteiger charge is 2.23. The van der Waals surface area contributed by atoms with Crippen molar-refractivity contribution in [3.63, 3.8) is 0 Å². The standard InChI is InChI=1S/C18H21ClN4O2S/c19-15-5-1-2-6-16(15)21-17(24)13-22-7-9-23(10-8-22)18(26)20-12-14-4-3-11-25-14/h1-6,11H,7-10,12-13H2,(H,20,26)(H,21,24)/p+1. The molecular weight excluding hydrogens is 372 g/mol. The minimum absolute atomic E-state index is 0.0277. The molecule has 2 heterocycles. The molecule has 0 bridgehead atoms. The van der Waals surface area contributed by atoms with Crippen molar-refractivity contribution < 1.29 is 14.1 Å². The number of piperazine rings is 1. The van der Waals surface area contributed by atoms with E-state index in [0.717, 1.165) is 37.1 Å². The minimum atomic E-state index is -0.0277. The van der Waals surface area contributed by atoms with Crippen LogP contribution >= 0.6 is 23.8 Å². The van der Waals surface area contributed by atoms with E-state index in [2.05, 4.69) is 15.5 Å². The van der Waals surface area contributed by atoms with Crippen molar-refractivity contribution in [2.45, 2.75) is 6.54 Å². The molecule has 0 spiro atoms. The summed E-state index contributed by atoms with van der Waals surface area (Å²) in [6, 6.07) is 11.0. The van der Waals surface area contributed by atoms with Crippen molar-refractivity contribution >= 4 is 40.5 Å². The van der Waals surface area contributed by atoms with Gasteiger partial charge in [0.15, 0.2) is 11.7 Å². The summed E-state index contributed by atoms with van der Waals surface area (Å²) in [4.78, 5) is 15.6. The number of rotatable bonds is 5. The topological polar surface area (TPSA) is 62.0 Å². The summed E-state index contributed by atoms with van der Waals surface area (Å²) in [5.74, 6) is 0.827. The van der Waals surface area contributed by atoms with Gasteiger partial charge < -0.3 is 24.9 Å². The molecule has 1 fully saturated rings. The molecular formula is C18H22ClN4O2S+. The number of quaternary nitrogens is 1. The number of hydrogen-bond acceptors (Lipinski definition) is 3. The molecule has 1 aromatic heterocycles. The number of thiocarbonyl (C=S) groups is 1. The van der Waals surface area contributed by atoms with Crippen molar-refractivity contribution in [1.29, 1.82) is 0 Å². The zero-order chi connectivity index (χ0) is 18.4. The Kier molecular flexibility index (Phi) is 6.49. The van der Waals surface area contributed by atoms with Crippen LogP contribution in [0.25, 0.3) is 0 Å². The van der Waals surface area contributed by atoms with Gasteiger partial charge in [-0.25, -0.2) is 0 Å². The number of halogens is 1. The monoisotopic (exact) mass is 393 g/mol. The number of anilines is 1. The molecule has 3 N–H and O–H groups in total. The first-order chi connectivity index (χ1) is 12.6. The fourth-order valence-corrected chi connectivity index (χ4v) is 3.31. The second kappa shape index (κ2) is 9.02. The predicted octanol–water partition coefficient (Wildman–Crippen LogP) is 1.15. The van der Waals surface area contributed by atoms with Gasteiger partial charge in [0.25, 0.3) is 5.91 Å². The second-order valence-corrected chi connectivity index (χ2v) is 6.97. The summed E-state index contributed by atoms with van der Waals surface area (Å²) in [5.41, 5.74) is 0.653. The number of nitrogens with zero attached hydrogens (tertiary/aromatic N) is 1. The van der Waals surface area contributed by atoms with E-state index in [1.807, 2.05) is 24.3 Å². The fraction of sp³-hybridized carbons (Fsp3) is 0.333. The van der Waals surface area contributed by atoms with Crippen molar-refractivity contribution in [2.75, 3.05) is 38.0 Å². The summed E-state index contributed by atoms with van der Waals surface area (Å²) in [7, 11) is 0. The Morgan fingerprint density at radius 3 is 2.69 bits per heavy atom. The molecule has 6 nitrogen and oxygen atoms in total. The van der Waals surface area contributed by atoms with Crippen LogP contribution in [0.2, 0.25) is 5.02 Å². The first kappa shape index (κ1) is 18.7. The molecule has 0 aliphatic carbocycles. The van der Waals surface area contributed by atoms with Crippen LogP contribution in [0, 0.1) is 0 Å². The SMILES string of the molecule is O=C(C[NH+]1CCN(C(=S)NCc2ccco2)CC1)Nc1ccccc1Cl. The fourth-order valence-electron chi connectivity index (χ4n) is 2.87. The largest absolute Gasteiger partial charge is 0.467 e. The van der Waals surface area contributed by atoms with E-state index in [4.69, 9.17) is 28.2 Å². The average Bonchev–Trinajstić information content (AvgIpc) is 3.16. The van der Waals surface area contributed by atoms with Gasteiger partial charge in [-0.3, -0.25) is 4.79 Å². The molecule has 26 heavy (non-hydrogen) atoms. The van der Waals surface area contributed by atoms with E-state index >= 15 is 0 Å². The third kappa shape index (κ3) is 5.20. The maximum atomic E-state index is 12.2. The molecule has 2 aromatic rings. The summed E-state index contributed by atoms with van der Waals surface area (Å²) in [5, 5.41) is 7.36. The van der Waals surface area contributed by atoms with Crippen molar-refractivity contribution in [3.05, 3.63) is 53.4 Å². The van der Waals surface area contributed by atoms with Crippen LogP contribution in [-0.4, -0.2) is 48.6 Å². The van der Waals surface area contributed by atoms with E-state index in [-0.39, 0.29) is 5.91 Å². The summed E-state index contributed by atoms with van der Waals surface area (Å²) >= 11 is 11.5. The van der Waals surface area contributed by atoms with E-state index < -0.39 is 0 Å². The molecule has 1 aromatic carbocycles. The molecule has 0 saturated carbocycles. The number of hydrogen-bond donors (Lipinski definition) is 3. The number of para-hydroxylation sites is 1. The van der Waals surface area contributed by atoms with Crippen LogP contribution < -0.4 is 15.5 Å². The van der Waals surface area contributed by atoms with Crippen LogP contribution in [0.5, 0.6) is 0 Å². The number of amides is 1. The van der Waals surface area contributed by atoms with Crippen LogP contribution in [-0.2, 0) is 11.3 Å². The molecule has 8 heteroatoms. The maximum absolute atomic E-state index is 12.2. The van der Waals surface area contributed by atoms with Crippen LogP contribution in [0.4, 0.5) is 5.69 Å². The van der Waals surface area contributed by atoms with Gasteiger partial charge in [-0.2, -0.15) is 0 Å². The van der Waals surface area contributed by atoms with Crippen LogP contribution in [0.15, 0.2) is 47.1 Å². The molecule has 1 aliphatic rings. The Morgan fingerprint density at radius 2 is 2.00 bits per heavy atom. The molecule has 0 radical (unpaired) electrons. The van der Waals surface area contributed by atoms with E-state index in [0.29, 0.717) is 23.8 Å². The van der Waals surface area contributed by atoms with Crippen molar-refractivity contribution in [2.24, 2.45) is 0 Å². The lowest BCUT2D eigenvalue weighted by atomic mass is 10.3. The van der Waals surface area contributed by atoms with Crippen molar-refractivity contribution in [3.8, 4) is 0 Å². The molecule has 1 aliphatic heterocycles. The molecule has 3 rings (SSSR count). The van der Waals surface area contributed by atoms with Crippen molar-refractivity contribution in [1.82, 2.24) is 10.2 Å². The number of benzene rings is 1. The van der Waals surface area contributed by atoms with Gasteiger partial charge in [-0.1, -0.05) is 23.7 Å². The summed E-state index contributed by atoms with van der Waals surface area (Å²) in [6.07, 6.45) is 1.65. The van der Waals surface area contributed by atoms with E-state index in [9.17, 15) is 4.79 Å². The lowest BCUT2D eigenvalue weighted by Crippen LogP contribution is -3.15. The molecule has 138 valence electrons. The Hall–Kier alpha value is -2.09. The lowest BCUT2D eigenvalue weighted by Gasteiger charge is -2.33. The third-order valence-corrected chi connectivity index (χ3v) is 5.04. The zero-order valence-electron chi connectivity index (χ0n) is 14.3. The Bertz CT molecular complexity index is 745. The second-order valence-electron chi connectivity index (χ2n) is 6.18. The highest BCUT2D eigenvalue weighted by atomic mass is 35.5. The number of carbonyl (C=O) groups excluding carboxylic acids is 1. The van der Waals surface area contributed by atoms with Gasteiger partial charge in [0.2, 0.25) is 0 Å². The molecule has 0 atom stereocenters. The Balaban J connectivity index is 1.40. The average molecular weight is 394 g/mol. The normalized spacial score (nSPS) is 14.9. The molecule has 0 unspecified atom stereocenters. The highest BCUT2D eigenvalue weighted by Crippen LogP contribution is 2.19. The number of carbonyl (C=O) groups is 1. The summed E-state index contributed by atoms with van der Waals surface area (Å²) in [6.45, 7) is 4.36. The van der Waals surface area contributed by atoms with Crippen LogP contribution in [0.1, 0.15) is 5.76 Å². The highest BCUT2D eigenvalue weighted by molar-refractivity contribution is 7.80. The minimum Gasteiger partial charge on any atom is -0.467 e. The van der Waals surface area contributed by atoms with E-state index in [1.54, 1.807) is 18.4 Å². The van der Waals surface area contributed by atoms with Gasteiger partial charge in [0.1, 0.15) is 5.76 Å². The van der Waals surface area contributed by atoms with Gasteiger partial charge in [-0.15, -0.1) is 0 Å². The van der Waals surface area contributed by atoms with E-state index in [1.165, 1.54) is 4.90 Å². The quantitative estimate of drug-likeness (QED) is 0.665. The van der Waals surface area contributed by atoms with Gasteiger partial charge in [-0.05, 0) is 36.5 Å². The first-order valence-electron chi connectivity index (χ1n) is 8.55. The molecule has 1 saturated heterocycles. The number of furan rings is 1. The third-order valence-electron chi connectivity index (χ3n) is 4.31. The summed E-state index contributed by atoms with van der Waals surface area (Å²) < 4.78 is 5.29. The zero-order valence-corrected chi connectivity index (χ0v) is 15.9. The number of nitrogens with one attached hydrogen (secondary N) is 3.